The fraction of sp³-hybridized carbons (Fsp3) is 0.222. The molecule has 3 nitrogen and oxygen atoms in total. The van der Waals surface area contributed by atoms with Gasteiger partial charge < -0.3 is 10.8 Å². The maximum absolute atomic E-state index is 10.5. The first-order valence-electron chi connectivity index (χ1n) is 3.88. The molecule has 0 spiro atoms. The molecule has 0 aliphatic carbocycles. The Labute approximate surface area is 91.4 Å². The minimum absolute atomic E-state index is 0.106. The Morgan fingerprint density at radius 2 is 2.14 bits per heavy atom. The van der Waals surface area contributed by atoms with Gasteiger partial charge in [-0.1, -0.05) is 23.2 Å². The van der Waals surface area contributed by atoms with Crippen LogP contribution in [-0.4, -0.2) is 11.1 Å². The summed E-state index contributed by atoms with van der Waals surface area (Å²) in [4.78, 5) is 10.5. The van der Waals surface area contributed by atoms with Gasteiger partial charge in [-0.25, -0.2) is 0 Å². The number of carboxylic acids is 1. The zero-order valence-corrected chi connectivity index (χ0v) is 8.99. The maximum Gasteiger partial charge on any atom is 0.307 e. The first kappa shape index (κ1) is 11.1. The molecule has 14 heavy (non-hydrogen) atoms. The van der Waals surface area contributed by atoms with Gasteiger partial charge in [-0.3, -0.25) is 4.79 Å². The molecule has 0 unspecified atom stereocenters. The summed E-state index contributed by atoms with van der Waals surface area (Å²) in [5.74, 6) is -0.926. The van der Waals surface area contributed by atoms with E-state index >= 15 is 0 Å². The number of hydrogen-bond acceptors (Lipinski definition) is 2. The summed E-state index contributed by atoms with van der Waals surface area (Å²) in [5, 5.41) is 9.24. The van der Waals surface area contributed by atoms with E-state index in [1.807, 2.05) is 0 Å². The number of aliphatic carboxylic acids is 1. The largest absolute Gasteiger partial charge is 0.481 e. The van der Waals surface area contributed by atoms with Crippen LogP contribution in [0.25, 0.3) is 0 Å². The van der Waals surface area contributed by atoms with E-state index < -0.39 is 5.97 Å². The molecule has 0 bridgehead atoms. The molecule has 0 radical (unpaired) electrons. The van der Waals surface area contributed by atoms with E-state index in [9.17, 15) is 4.79 Å². The van der Waals surface area contributed by atoms with Gasteiger partial charge in [0.25, 0.3) is 0 Å². The summed E-state index contributed by atoms with van der Waals surface area (Å²) in [7, 11) is 0. The smallest absolute Gasteiger partial charge is 0.307 e. The highest BCUT2D eigenvalue weighted by molar-refractivity contribution is 6.39. The lowest BCUT2D eigenvalue weighted by Crippen LogP contribution is -2.03. The lowest BCUT2D eigenvalue weighted by Gasteiger charge is -2.09. The Bertz CT molecular complexity index is 391. The molecule has 0 saturated heterocycles. The van der Waals surface area contributed by atoms with Crippen molar-refractivity contribution >= 4 is 34.9 Å². The van der Waals surface area contributed by atoms with Crippen molar-refractivity contribution in [2.24, 2.45) is 0 Å². The molecule has 1 rings (SSSR count). The van der Waals surface area contributed by atoms with Crippen LogP contribution in [0.5, 0.6) is 0 Å². The van der Waals surface area contributed by atoms with Crippen molar-refractivity contribution in [2.75, 3.05) is 5.73 Å². The number of rotatable bonds is 2. The lowest BCUT2D eigenvalue weighted by atomic mass is 10.0. The van der Waals surface area contributed by atoms with Crippen molar-refractivity contribution in [3.63, 3.8) is 0 Å². The molecule has 76 valence electrons. The molecule has 0 aromatic heterocycles. The van der Waals surface area contributed by atoms with Crippen LogP contribution in [0, 0.1) is 6.92 Å². The third kappa shape index (κ3) is 2.11. The number of anilines is 1. The van der Waals surface area contributed by atoms with Crippen LogP contribution < -0.4 is 5.73 Å². The summed E-state index contributed by atoms with van der Waals surface area (Å²) < 4.78 is 0. The molecule has 1 aromatic carbocycles. The van der Waals surface area contributed by atoms with Crippen molar-refractivity contribution in [1.29, 1.82) is 0 Å². The topological polar surface area (TPSA) is 63.3 Å². The van der Waals surface area contributed by atoms with E-state index in [1.165, 1.54) is 6.07 Å². The number of nitrogens with two attached hydrogens (primary N) is 1. The SMILES string of the molecule is Cc1c(CC(=O)O)cc(Cl)c(N)c1Cl. The highest BCUT2D eigenvalue weighted by Gasteiger charge is 2.12. The van der Waals surface area contributed by atoms with Crippen LogP contribution in [0.2, 0.25) is 10.0 Å². The normalized spacial score (nSPS) is 10.2. The summed E-state index contributed by atoms with van der Waals surface area (Å²) in [6.07, 6.45) is -0.106. The number of benzene rings is 1. The van der Waals surface area contributed by atoms with E-state index in [0.29, 0.717) is 21.8 Å². The van der Waals surface area contributed by atoms with Crippen LogP contribution in [0.1, 0.15) is 11.1 Å². The Balaban J connectivity index is 3.25. The summed E-state index contributed by atoms with van der Waals surface area (Å²) >= 11 is 11.6. The van der Waals surface area contributed by atoms with Gasteiger partial charge in [-0.2, -0.15) is 0 Å². The Kier molecular flexibility index (Phi) is 3.24. The zero-order chi connectivity index (χ0) is 10.9. The second-order valence-electron chi connectivity index (χ2n) is 2.94. The number of hydrogen-bond donors (Lipinski definition) is 2. The first-order chi connectivity index (χ1) is 6.43. The van der Waals surface area contributed by atoms with Crippen molar-refractivity contribution < 1.29 is 9.90 Å². The van der Waals surface area contributed by atoms with Crippen LogP contribution in [0.4, 0.5) is 5.69 Å². The molecule has 0 saturated carbocycles. The van der Waals surface area contributed by atoms with Crippen molar-refractivity contribution in [1.82, 2.24) is 0 Å². The predicted molar refractivity (Wildman–Crippen MR) is 57.0 cm³/mol. The van der Waals surface area contributed by atoms with Gasteiger partial charge >= 0.3 is 5.97 Å². The molecule has 0 fully saturated rings. The maximum atomic E-state index is 10.5. The van der Waals surface area contributed by atoms with Gasteiger partial charge in [-0.15, -0.1) is 0 Å². The zero-order valence-electron chi connectivity index (χ0n) is 7.47. The number of nitrogen functional groups attached to an aromatic ring is 1. The average molecular weight is 234 g/mol. The highest BCUT2D eigenvalue weighted by Crippen LogP contribution is 2.32. The summed E-state index contributed by atoms with van der Waals surface area (Å²) in [6.45, 7) is 1.72. The second kappa shape index (κ2) is 4.07. The molecule has 0 aliphatic rings. The molecule has 0 heterocycles. The molecule has 0 atom stereocenters. The van der Waals surface area contributed by atoms with Gasteiger partial charge in [0.15, 0.2) is 0 Å². The average Bonchev–Trinajstić information content (AvgIpc) is 2.10. The van der Waals surface area contributed by atoms with Gasteiger partial charge in [0.05, 0.1) is 22.2 Å². The quantitative estimate of drug-likeness (QED) is 0.772. The number of carbonyl (C=O) groups is 1. The van der Waals surface area contributed by atoms with E-state index in [4.69, 9.17) is 34.0 Å². The fourth-order valence-electron chi connectivity index (χ4n) is 1.13. The lowest BCUT2D eigenvalue weighted by molar-refractivity contribution is -0.136. The standard InChI is InChI=1S/C9H9Cl2NO2/c1-4-5(3-7(13)14)2-6(10)9(12)8(4)11/h2H,3,12H2,1H3,(H,13,14). The highest BCUT2D eigenvalue weighted by atomic mass is 35.5. The predicted octanol–water partition coefficient (Wildman–Crippen LogP) is 2.51. The van der Waals surface area contributed by atoms with Gasteiger partial charge in [-0.05, 0) is 24.1 Å². The minimum atomic E-state index is -0.926. The third-order valence-corrected chi connectivity index (χ3v) is 2.75. The van der Waals surface area contributed by atoms with Crippen molar-refractivity contribution in [3.8, 4) is 0 Å². The van der Waals surface area contributed by atoms with Crippen LogP contribution in [0.3, 0.4) is 0 Å². The van der Waals surface area contributed by atoms with Crippen LogP contribution in [-0.2, 0) is 11.2 Å². The Morgan fingerprint density at radius 3 is 2.64 bits per heavy atom. The van der Waals surface area contributed by atoms with Gasteiger partial charge in [0.1, 0.15) is 0 Å². The van der Waals surface area contributed by atoms with Crippen molar-refractivity contribution in [3.05, 3.63) is 27.2 Å². The van der Waals surface area contributed by atoms with E-state index in [2.05, 4.69) is 0 Å². The molecule has 3 N–H and O–H groups in total. The Hall–Kier alpha value is -0.930. The van der Waals surface area contributed by atoms with Crippen LogP contribution >= 0.6 is 23.2 Å². The fourth-order valence-corrected chi connectivity index (χ4v) is 1.63. The molecule has 1 aromatic rings. The summed E-state index contributed by atoms with van der Waals surface area (Å²) in [6, 6.07) is 1.53. The summed E-state index contributed by atoms with van der Waals surface area (Å²) in [5.41, 5.74) is 7.11. The molecule has 5 heteroatoms. The van der Waals surface area contributed by atoms with Crippen LogP contribution in [0.15, 0.2) is 6.07 Å². The molecular weight excluding hydrogens is 225 g/mol. The number of carboxylic acid groups (broad SMARTS) is 1. The number of halogens is 2. The van der Waals surface area contributed by atoms with E-state index in [1.54, 1.807) is 6.92 Å². The van der Waals surface area contributed by atoms with Gasteiger partial charge in [0, 0.05) is 0 Å². The van der Waals surface area contributed by atoms with E-state index in [0.717, 1.165) is 0 Å². The molecule has 0 amide bonds. The minimum Gasteiger partial charge on any atom is -0.481 e. The van der Waals surface area contributed by atoms with E-state index in [-0.39, 0.29) is 11.4 Å². The molecular formula is C9H9Cl2NO2. The van der Waals surface area contributed by atoms with Crippen molar-refractivity contribution in [2.45, 2.75) is 13.3 Å². The monoisotopic (exact) mass is 233 g/mol. The first-order valence-corrected chi connectivity index (χ1v) is 4.63. The Morgan fingerprint density at radius 1 is 1.57 bits per heavy atom. The second-order valence-corrected chi connectivity index (χ2v) is 3.73. The van der Waals surface area contributed by atoms with Gasteiger partial charge in [0.2, 0.25) is 0 Å². The third-order valence-electron chi connectivity index (χ3n) is 1.95. The molecule has 0 aliphatic heterocycles.